The minimum atomic E-state index is -4.42. The van der Waals surface area contributed by atoms with E-state index in [9.17, 15) is 18.0 Å². The highest BCUT2D eigenvalue weighted by molar-refractivity contribution is 7.10. The molecule has 0 aliphatic carbocycles. The Hall–Kier alpha value is -1.08. The average Bonchev–Trinajstić information content (AvgIpc) is 2.67. The number of carbonyl (C=O) groups is 1. The maximum absolute atomic E-state index is 11.9. The standard InChI is InChI=1S/C11H14F3NO2S/c1-7-3-4-18-9(7)5-15-10(16)8(2)17-6-11(12,13)14/h3-4,8H,5-6H2,1-2H3,(H,15,16)/t8-/m1/s1. The van der Waals surface area contributed by atoms with Crippen molar-refractivity contribution in [3.05, 3.63) is 21.9 Å². The molecule has 0 unspecified atom stereocenters. The second-order valence-corrected chi connectivity index (χ2v) is 4.81. The van der Waals surface area contributed by atoms with Crippen molar-refractivity contribution in [3.63, 3.8) is 0 Å². The largest absolute Gasteiger partial charge is 0.411 e. The van der Waals surface area contributed by atoms with E-state index < -0.39 is 24.8 Å². The highest BCUT2D eigenvalue weighted by Crippen LogP contribution is 2.16. The van der Waals surface area contributed by atoms with Crippen LogP contribution < -0.4 is 5.32 Å². The van der Waals surface area contributed by atoms with Gasteiger partial charge in [-0.1, -0.05) is 0 Å². The van der Waals surface area contributed by atoms with Gasteiger partial charge >= 0.3 is 6.18 Å². The summed E-state index contributed by atoms with van der Waals surface area (Å²) in [6, 6.07) is 1.91. The summed E-state index contributed by atoms with van der Waals surface area (Å²) in [5, 5.41) is 4.43. The molecule has 0 aromatic carbocycles. The number of alkyl halides is 3. The van der Waals surface area contributed by atoms with Crippen LogP contribution >= 0.6 is 11.3 Å². The third-order valence-electron chi connectivity index (χ3n) is 2.26. The Morgan fingerprint density at radius 1 is 1.56 bits per heavy atom. The van der Waals surface area contributed by atoms with Gasteiger partial charge in [0, 0.05) is 4.88 Å². The van der Waals surface area contributed by atoms with Crippen molar-refractivity contribution in [2.24, 2.45) is 0 Å². The molecule has 1 heterocycles. The molecule has 1 rings (SSSR count). The van der Waals surface area contributed by atoms with Crippen LogP contribution in [0, 0.1) is 6.92 Å². The van der Waals surface area contributed by atoms with Gasteiger partial charge in [-0.15, -0.1) is 11.3 Å². The molecule has 0 aliphatic heterocycles. The van der Waals surface area contributed by atoms with Gasteiger partial charge in [-0.25, -0.2) is 0 Å². The third-order valence-corrected chi connectivity index (χ3v) is 3.28. The summed E-state index contributed by atoms with van der Waals surface area (Å²) < 4.78 is 40.1. The predicted molar refractivity (Wildman–Crippen MR) is 62.4 cm³/mol. The Morgan fingerprint density at radius 2 is 2.22 bits per heavy atom. The van der Waals surface area contributed by atoms with Crippen LogP contribution in [0.1, 0.15) is 17.4 Å². The molecule has 0 saturated heterocycles. The second kappa shape index (κ2) is 6.19. The number of hydrogen-bond donors (Lipinski definition) is 1. The monoisotopic (exact) mass is 281 g/mol. The first kappa shape index (κ1) is 15.0. The fourth-order valence-electron chi connectivity index (χ4n) is 1.19. The molecule has 0 bridgehead atoms. The van der Waals surface area contributed by atoms with Gasteiger partial charge in [0.25, 0.3) is 0 Å². The summed E-state index contributed by atoms with van der Waals surface area (Å²) >= 11 is 1.49. The summed E-state index contributed by atoms with van der Waals surface area (Å²) in [5.41, 5.74) is 1.05. The van der Waals surface area contributed by atoms with E-state index in [1.54, 1.807) is 0 Å². The van der Waals surface area contributed by atoms with Crippen LogP contribution in [0.25, 0.3) is 0 Å². The lowest BCUT2D eigenvalue weighted by Gasteiger charge is -2.14. The molecule has 1 aromatic heterocycles. The SMILES string of the molecule is Cc1ccsc1CNC(=O)[C@@H](C)OCC(F)(F)F. The first-order valence-electron chi connectivity index (χ1n) is 5.28. The first-order chi connectivity index (χ1) is 8.29. The van der Waals surface area contributed by atoms with E-state index in [0.717, 1.165) is 10.4 Å². The summed E-state index contributed by atoms with van der Waals surface area (Å²) in [5.74, 6) is -0.549. The number of thiophene rings is 1. The Kier molecular flexibility index (Phi) is 5.15. The number of halogens is 3. The number of hydrogen-bond acceptors (Lipinski definition) is 3. The zero-order valence-electron chi connectivity index (χ0n) is 10.0. The number of ether oxygens (including phenoxy) is 1. The highest BCUT2D eigenvalue weighted by Gasteiger charge is 2.29. The minimum Gasteiger partial charge on any atom is -0.359 e. The maximum atomic E-state index is 11.9. The van der Waals surface area contributed by atoms with Gasteiger partial charge < -0.3 is 10.1 Å². The van der Waals surface area contributed by atoms with Gasteiger partial charge in [0.1, 0.15) is 12.7 Å². The number of aryl methyl sites for hydroxylation is 1. The fraction of sp³-hybridized carbons (Fsp3) is 0.545. The van der Waals surface area contributed by atoms with Crippen LogP contribution in [-0.2, 0) is 16.1 Å². The summed E-state index contributed by atoms with van der Waals surface area (Å²) in [6.45, 7) is 2.09. The summed E-state index contributed by atoms with van der Waals surface area (Å²) in [4.78, 5) is 12.4. The molecular formula is C11H14F3NO2S. The molecule has 3 nitrogen and oxygen atoms in total. The van der Waals surface area contributed by atoms with Crippen LogP contribution in [-0.4, -0.2) is 24.8 Å². The maximum Gasteiger partial charge on any atom is 0.411 e. The average molecular weight is 281 g/mol. The van der Waals surface area contributed by atoms with Crippen LogP contribution in [0.4, 0.5) is 13.2 Å². The van der Waals surface area contributed by atoms with E-state index in [1.165, 1.54) is 18.3 Å². The molecule has 1 atom stereocenters. The van der Waals surface area contributed by atoms with Crippen molar-refractivity contribution in [2.45, 2.75) is 32.7 Å². The molecule has 1 amide bonds. The lowest BCUT2D eigenvalue weighted by molar-refractivity contribution is -0.185. The van der Waals surface area contributed by atoms with Crippen LogP contribution in [0.3, 0.4) is 0 Å². The summed E-state index contributed by atoms with van der Waals surface area (Å²) in [7, 11) is 0. The third kappa shape index (κ3) is 5.05. The highest BCUT2D eigenvalue weighted by atomic mass is 32.1. The molecule has 7 heteroatoms. The van der Waals surface area contributed by atoms with Gasteiger partial charge in [0.05, 0.1) is 6.54 Å². The molecule has 0 radical (unpaired) electrons. The molecule has 1 N–H and O–H groups in total. The van der Waals surface area contributed by atoms with Gasteiger partial charge in [-0.05, 0) is 30.9 Å². The number of nitrogens with one attached hydrogen (secondary N) is 1. The molecule has 0 spiro atoms. The molecule has 0 fully saturated rings. The summed E-state index contributed by atoms with van der Waals surface area (Å²) in [6.07, 6.45) is -5.54. The van der Waals surface area contributed by atoms with Crippen LogP contribution in [0.5, 0.6) is 0 Å². The molecular weight excluding hydrogens is 267 g/mol. The topological polar surface area (TPSA) is 38.3 Å². The van der Waals surface area contributed by atoms with Gasteiger partial charge in [-0.3, -0.25) is 4.79 Å². The second-order valence-electron chi connectivity index (χ2n) is 3.81. The zero-order valence-corrected chi connectivity index (χ0v) is 10.8. The molecule has 0 saturated carbocycles. The van der Waals surface area contributed by atoms with Crippen molar-refractivity contribution in [3.8, 4) is 0 Å². The minimum absolute atomic E-state index is 0.308. The van der Waals surface area contributed by atoms with Crippen molar-refractivity contribution in [1.82, 2.24) is 5.32 Å². The molecule has 1 aromatic rings. The lowest BCUT2D eigenvalue weighted by Crippen LogP contribution is -2.36. The van der Waals surface area contributed by atoms with Crippen molar-refractivity contribution in [2.75, 3.05) is 6.61 Å². The number of rotatable bonds is 5. The van der Waals surface area contributed by atoms with Gasteiger partial charge in [0.2, 0.25) is 5.91 Å². The van der Waals surface area contributed by atoms with E-state index >= 15 is 0 Å². The van der Waals surface area contributed by atoms with E-state index in [2.05, 4.69) is 10.1 Å². The number of carbonyl (C=O) groups excluding carboxylic acids is 1. The predicted octanol–water partition coefficient (Wildman–Crippen LogP) is 2.64. The molecule has 0 aliphatic rings. The van der Waals surface area contributed by atoms with E-state index in [4.69, 9.17) is 0 Å². The van der Waals surface area contributed by atoms with Gasteiger partial charge in [-0.2, -0.15) is 13.2 Å². The van der Waals surface area contributed by atoms with Crippen LogP contribution in [0.2, 0.25) is 0 Å². The smallest absolute Gasteiger partial charge is 0.359 e. The quantitative estimate of drug-likeness (QED) is 0.901. The first-order valence-corrected chi connectivity index (χ1v) is 6.16. The number of amides is 1. The Bertz CT molecular complexity index is 403. The molecule has 18 heavy (non-hydrogen) atoms. The fourth-order valence-corrected chi connectivity index (χ4v) is 2.04. The van der Waals surface area contributed by atoms with E-state index in [0.29, 0.717) is 6.54 Å². The van der Waals surface area contributed by atoms with E-state index in [1.807, 2.05) is 18.4 Å². The Labute approximate surface area is 107 Å². The molecule has 102 valence electrons. The lowest BCUT2D eigenvalue weighted by atomic mass is 10.3. The van der Waals surface area contributed by atoms with Crippen molar-refractivity contribution < 1.29 is 22.7 Å². The van der Waals surface area contributed by atoms with Crippen molar-refractivity contribution >= 4 is 17.2 Å². The van der Waals surface area contributed by atoms with E-state index in [-0.39, 0.29) is 0 Å². The normalized spacial score (nSPS) is 13.4. The van der Waals surface area contributed by atoms with Crippen LogP contribution in [0.15, 0.2) is 11.4 Å². The Balaban J connectivity index is 2.34. The van der Waals surface area contributed by atoms with Crippen molar-refractivity contribution in [1.29, 1.82) is 0 Å². The zero-order chi connectivity index (χ0) is 13.8. The Morgan fingerprint density at radius 3 is 2.72 bits per heavy atom. The van der Waals surface area contributed by atoms with Gasteiger partial charge in [0.15, 0.2) is 0 Å².